The molecule has 1 aliphatic rings. The molecule has 1 aromatic carbocycles. The van der Waals surface area contributed by atoms with Crippen molar-refractivity contribution in [3.8, 4) is 5.75 Å². The van der Waals surface area contributed by atoms with E-state index >= 15 is 0 Å². The van der Waals surface area contributed by atoms with Gasteiger partial charge in [0.05, 0.1) is 41.4 Å². The molecule has 3 aromatic rings. The number of aromatic nitrogens is 2. The molecular formula is C23H29N5O4S. The van der Waals surface area contributed by atoms with Gasteiger partial charge in [0.2, 0.25) is 0 Å². The Hall–Kier alpha value is -3.11. The number of aliphatic hydroxyl groups excluding tert-OH is 1. The maximum Gasteiger partial charge on any atom is 0.257 e. The smallest absolute Gasteiger partial charge is 0.257 e. The van der Waals surface area contributed by atoms with E-state index in [0.29, 0.717) is 36.2 Å². The van der Waals surface area contributed by atoms with Gasteiger partial charge >= 0.3 is 0 Å². The number of rotatable bonds is 8. The predicted octanol–water partition coefficient (Wildman–Crippen LogP) is 4.47. The van der Waals surface area contributed by atoms with Crippen molar-refractivity contribution in [1.29, 1.82) is 0 Å². The van der Waals surface area contributed by atoms with Gasteiger partial charge in [0.1, 0.15) is 5.76 Å². The SMILES string of the molecule is CC[C@@H](Nc1nsnc1Nc1cccc(C(=O)N2CC[C@@H](O)C2)c1O)c1cc(C(C)C)co1. The minimum atomic E-state index is -0.524. The number of hydrogen-bond acceptors (Lipinski definition) is 9. The van der Waals surface area contributed by atoms with Crippen LogP contribution < -0.4 is 10.6 Å². The molecule has 0 unspecified atom stereocenters. The van der Waals surface area contributed by atoms with Crippen LogP contribution in [0.2, 0.25) is 0 Å². The molecule has 2 atom stereocenters. The van der Waals surface area contributed by atoms with Crippen molar-refractivity contribution in [3.05, 3.63) is 47.4 Å². The van der Waals surface area contributed by atoms with Crippen molar-refractivity contribution in [2.24, 2.45) is 0 Å². The number of para-hydroxylation sites is 1. The number of β-amino-alcohol motifs (C(OH)–C–C–N with tert-alkyl or cyclic N) is 1. The largest absolute Gasteiger partial charge is 0.505 e. The van der Waals surface area contributed by atoms with Gasteiger partial charge in [-0.15, -0.1) is 0 Å². The normalized spacial score (nSPS) is 16.9. The van der Waals surface area contributed by atoms with Crippen molar-refractivity contribution in [2.45, 2.75) is 51.7 Å². The lowest BCUT2D eigenvalue weighted by Gasteiger charge is -2.18. The first-order valence-electron chi connectivity index (χ1n) is 11.1. The van der Waals surface area contributed by atoms with Gasteiger partial charge in [0.25, 0.3) is 5.91 Å². The van der Waals surface area contributed by atoms with Gasteiger partial charge in [-0.3, -0.25) is 4.79 Å². The quantitative estimate of drug-likeness (QED) is 0.355. The fraction of sp³-hybridized carbons (Fsp3) is 0.435. The summed E-state index contributed by atoms with van der Waals surface area (Å²) in [4.78, 5) is 14.3. The molecule has 2 aromatic heterocycles. The van der Waals surface area contributed by atoms with E-state index in [1.54, 1.807) is 29.4 Å². The van der Waals surface area contributed by atoms with Crippen LogP contribution in [0.1, 0.15) is 67.3 Å². The molecule has 0 aliphatic carbocycles. The highest BCUT2D eigenvalue weighted by Crippen LogP contribution is 2.35. The number of anilines is 3. The van der Waals surface area contributed by atoms with E-state index in [1.807, 2.05) is 0 Å². The highest BCUT2D eigenvalue weighted by Gasteiger charge is 2.28. The molecule has 0 radical (unpaired) electrons. The number of phenolic OH excluding ortho intramolecular Hbond substituents is 1. The number of nitrogens with zero attached hydrogens (tertiary/aromatic N) is 3. The van der Waals surface area contributed by atoms with E-state index in [-0.39, 0.29) is 29.8 Å². The zero-order chi connectivity index (χ0) is 23.5. The summed E-state index contributed by atoms with van der Waals surface area (Å²) in [6.45, 7) is 7.02. The lowest BCUT2D eigenvalue weighted by Crippen LogP contribution is -2.29. The number of phenols is 1. The van der Waals surface area contributed by atoms with Gasteiger partial charge in [-0.25, -0.2) is 0 Å². The summed E-state index contributed by atoms with van der Waals surface area (Å²) in [5.74, 6) is 1.71. The molecule has 1 aliphatic heterocycles. The third kappa shape index (κ3) is 4.96. The minimum absolute atomic E-state index is 0.0925. The maximum atomic E-state index is 12.8. The Labute approximate surface area is 196 Å². The Kier molecular flexibility index (Phi) is 6.85. The number of carbonyl (C=O) groups excluding carboxylic acids is 1. The number of furan rings is 1. The Morgan fingerprint density at radius 1 is 1.33 bits per heavy atom. The molecular weight excluding hydrogens is 442 g/mol. The number of aromatic hydroxyl groups is 1. The van der Waals surface area contributed by atoms with Gasteiger partial charge in [-0.2, -0.15) is 8.75 Å². The van der Waals surface area contributed by atoms with Crippen LogP contribution in [0.3, 0.4) is 0 Å². The van der Waals surface area contributed by atoms with Crippen LogP contribution in [0.5, 0.6) is 5.75 Å². The molecule has 1 saturated heterocycles. The third-order valence-electron chi connectivity index (χ3n) is 5.83. The average molecular weight is 472 g/mol. The number of nitrogens with one attached hydrogen (secondary N) is 2. The second-order valence-corrected chi connectivity index (χ2v) is 9.05. The van der Waals surface area contributed by atoms with E-state index < -0.39 is 6.10 Å². The number of amides is 1. The topological polar surface area (TPSA) is 124 Å². The summed E-state index contributed by atoms with van der Waals surface area (Å²) in [7, 11) is 0. The van der Waals surface area contributed by atoms with Gasteiger partial charge in [0, 0.05) is 13.1 Å². The molecule has 0 bridgehead atoms. The lowest BCUT2D eigenvalue weighted by atomic mass is 10.1. The summed E-state index contributed by atoms with van der Waals surface area (Å²) in [6, 6.07) is 6.90. The molecule has 1 fully saturated rings. The standard InChI is InChI=1S/C23H29N5O4S/c1-4-17(19-10-14(12-32-19)13(2)3)24-21-22(27-33-26-21)25-18-7-5-6-16(20(18)30)23(31)28-9-8-15(29)11-28/h5-7,10,12-13,15,17,29-30H,4,8-9,11H2,1-3H3,(H,24,26)(H,25,27)/t15-,17-/m1/s1. The number of likely N-dealkylation sites (tertiary alicyclic amines) is 1. The summed E-state index contributed by atoms with van der Waals surface area (Å²) in [5, 5.41) is 27.0. The van der Waals surface area contributed by atoms with E-state index in [0.717, 1.165) is 29.5 Å². The monoisotopic (exact) mass is 471 g/mol. The fourth-order valence-corrected chi connectivity index (χ4v) is 4.28. The van der Waals surface area contributed by atoms with Crippen LogP contribution in [0.4, 0.5) is 17.3 Å². The van der Waals surface area contributed by atoms with Crippen molar-refractivity contribution in [3.63, 3.8) is 0 Å². The summed E-state index contributed by atoms with van der Waals surface area (Å²) < 4.78 is 14.4. The van der Waals surface area contributed by atoms with Gasteiger partial charge in [0.15, 0.2) is 17.4 Å². The second-order valence-electron chi connectivity index (χ2n) is 8.52. The Morgan fingerprint density at radius 2 is 2.12 bits per heavy atom. The Bertz CT molecular complexity index is 1110. The van der Waals surface area contributed by atoms with Crippen LogP contribution in [0.15, 0.2) is 34.9 Å². The molecule has 4 rings (SSSR count). The molecule has 1 amide bonds. The van der Waals surface area contributed by atoms with Crippen LogP contribution in [-0.4, -0.2) is 49.0 Å². The zero-order valence-electron chi connectivity index (χ0n) is 18.9. The molecule has 0 spiro atoms. The van der Waals surface area contributed by atoms with Crippen LogP contribution >= 0.6 is 11.7 Å². The van der Waals surface area contributed by atoms with Gasteiger partial charge in [-0.05, 0) is 42.5 Å². The summed E-state index contributed by atoms with van der Waals surface area (Å²) in [6.07, 6.45) is 2.57. The molecule has 33 heavy (non-hydrogen) atoms. The highest BCUT2D eigenvalue weighted by molar-refractivity contribution is 6.99. The van der Waals surface area contributed by atoms with Crippen molar-refractivity contribution >= 4 is 35.0 Å². The first-order valence-corrected chi connectivity index (χ1v) is 11.8. The third-order valence-corrected chi connectivity index (χ3v) is 6.36. The van der Waals surface area contributed by atoms with E-state index in [9.17, 15) is 15.0 Å². The maximum absolute atomic E-state index is 12.8. The van der Waals surface area contributed by atoms with Crippen molar-refractivity contribution in [1.82, 2.24) is 13.6 Å². The second kappa shape index (κ2) is 9.80. The van der Waals surface area contributed by atoms with E-state index in [4.69, 9.17) is 4.42 Å². The predicted molar refractivity (Wildman–Crippen MR) is 127 cm³/mol. The lowest BCUT2D eigenvalue weighted by molar-refractivity contribution is 0.0762. The highest BCUT2D eigenvalue weighted by atomic mass is 32.1. The molecule has 4 N–H and O–H groups in total. The first-order chi connectivity index (χ1) is 15.9. The Balaban J connectivity index is 1.52. The molecule has 10 heteroatoms. The molecule has 0 saturated carbocycles. The van der Waals surface area contributed by atoms with Crippen LogP contribution in [0.25, 0.3) is 0 Å². The molecule has 3 heterocycles. The number of benzene rings is 1. The Morgan fingerprint density at radius 3 is 2.79 bits per heavy atom. The van der Waals surface area contributed by atoms with Gasteiger partial charge in [-0.1, -0.05) is 26.8 Å². The average Bonchev–Trinajstić information content (AvgIpc) is 3.54. The van der Waals surface area contributed by atoms with E-state index in [1.165, 1.54) is 0 Å². The minimum Gasteiger partial charge on any atom is -0.505 e. The summed E-state index contributed by atoms with van der Waals surface area (Å²) >= 11 is 1.04. The van der Waals surface area contributed by atoms with Crippen LogP contribution in [0, 0.1) is 0 Å². The fourth-order valence-electron chi connectivity index (χ4n) is 3.80. The van der Waals surface area contributed by atoms with Gasteiger partial charge < -0.3 is 30.2 Å². The number of aliphatic hydroxyl groups is 1. The molecule has 9 nitrogen and oxygen atoms in total. The zero-order valence-corrected chi connectivity index (χ0v) is 19.7. The van der Waals surface area contributed by atoms with Crippen molar-refractivity contribution < 1.29 is 19.4 Å². The summed E-state index contributed by atoms with van der Waals surface area (Å²) in [5.41, 5.74) is 1.66. The van der Waals surface area contributed by atoms with Crippen molar-refractivity contribution in [2.75, 3.05) is 23.7 Å². The number of carbonyl (C=O) groups is 1. The molecule has 176 valence electrons. The van der Waals surface area contributed by atoms with Crippen LogP contribution in [-0.2, 0) is 0 Å². The first kappa shape index (κ1) is 23.1. The van der Waals surface area contributed by atoms with E-state index in [2.05, 4.69) is 46.2 Å². The number of hydrogen-bond donors (Lipinski definition) is 4.